The largest absolute Gasteiger partial charge is 0.395 e. The van der Waals surface area contributed by atoms with Gasteiger partial charge in [-0.15, -0.1) is 0 Å². The van der Waals surface area contributed by atoms with Crippen LogP contribution in [0.1, 0.15) is 63.1 Å². The summed E-state index contributed by atoms with van der Waals surface area (Å²) in [6.07, 6.45) is 8.19. The Morgan fingerprint density at radius 1 is 1.13 bits per heavy atom. The number of aliphatic hydroxyl groups excluding tert-OH is 1. The van der Waals surface area contributed by atoms with Crippen molar-refractivity contribution in [2.24, 2.45) is 0 Å². The molecule has 0 bridgehead atoms. The summed E-state index contributed by atoms with van der Waals surface area (Å²) in [5, 5.41) is 9.48. The van der Waals surface area contributed by atoms with E-state index in [0.717, 1.165) is 50.6 Å². The van der Waals surface area contributed by atoms with Gasteiger partial charge in [0.2, 0.25) is 15.0 Å². The average Bonchev–Trinajstić information content (AvgIpc) is 3.17. The molecule has 1 aliphatic carbocycles. The van der Waals surface area contributed by atoms with Crippen molar-refractivity contribution in [3.63, 3.8) is 0 Å². The number of hydrogen-bond donors (Lipinski definition) is 1. The maximum atomic E-state index is 13.4. The lowest BCUT2D eigenvalue weighted by molar-refractivity contribution is 0.180. The Morgan fingerprint density at radius 3 is 2.53 bits per heavy atom. The van der Waals surface area contributed by atoms with Crippen LogP contribution in [0.5, 0.6) is 0 Å². The van der Waals surface area contributed by atoms with Gasteiger partial charge in [-0.25, -0.2) is 13.4 Å². The highest BCUT2D eigenvalue weighted by Crippen LogP contribution is 2.29. The van der Waals surface area contributed by atoms with Gasteiger partial charge >= 0.3 is 0 Å². The number of sulfone groups is 1. The van der Waals surface area contributed by atoms with Crippen LogP contribution in [0.25, 0.3) is 0 Å². The fourth-order valence-electron chi connectivity index (χ4n) is 4.25. The van der Waals surface area contributed by atoms with E-state index in [1.165, 1.54) is 5.56 Å². The lowest BCUT2D eigenvalue weighted by Gasteiger charge is -2.24. The third kappa shape index (κ3) is 5.71. The monoisotopic (exact) mass is 433 g/mol. The van der Waals surface area contributed by atoms with Crippen LogP contribution in [0.3, 0.4) is 0 Å². The molecule has 1 saturated carbocycles. The van der Waals surface area contributed by atoms with E-state index in [-0.39, 0.29) is 17.0 Å². The van der Waals surface area contributed by atoms with Crippen LogP contribution in [-0.4, -0.2) is 46.4 Å². The molecule has 0 radical (unpaired) electrons. The zero-order chi connectivity index (χ0) is 21.4. The van der Waals surface area contributed by atoms with Crippen molar-refractivity contribution in [1.82, 2.24) is 14.5 Å². The van der Waals surface area contributed by atoms with Crippen molar-refractivity contribution in [3.05, 3.63) is 47.8 Å². The van der Waals surface area contributed by atoms with Gasteiger partial charge < -0.3 is 9.67 Å². The van der Waals surface area contributed by atoms with Crippen LogP contribution in [-0.2, 0) is 29.5 Å². The van der Waals surface area contributed by atoms with E-state index in [9.17, 15) is 13.5 Å². The molecular weight excluding hydrogens is 398 g/mol. The smallest absolute Gasteiger partial charge is 0.228 e. The molecule has 2 aromatic rings. The molecule has 1 N–H and O–H groups in total. The molecule has 0 unspecified atom stereocenters. The highest BCUT2D eigenvalue weighted by Gasteiger charge is 2.33. The summed E-state index contributed by atoms with van der Waals surface area (Å²) in [6.45, 7) is 4.62. The molecule has 0 amide bonds. The number of imidazole rings is 1. The van der Waals surface area contributed by atoms with E-state index in [1.807, 2.05) is 22.8 Å². The normalized spacial score (nSPS) is 15.7. The van der Waals surface area contributed by atoms with Crippen LogP contribution in [0, 0.1) is 0 Å². The quantitative estimate of drug-likeness (QED) is 0.584. The highest BCUT2D eigenvalue weighted by molar-refractivity contribution is 7.91. The molecule has 1 fully saturated rings. The van der Waals surface area contributed by atoms with Crippen molar-refractivity contribution >= 4 is 9.84 Å². The van der Waals surface area contributed by atoms with Crippen LogP contribution < -0.4 is 0 Å². The molecule has 1 aromatic heterocycles. The Kier molecular flexibility index (Phi) is 8.48. The summed E-state index contributed by atoms with van der Waals surface area (Å²) in [5.41, 5.74) is 2.07. The third-order valence-electron chi connectivity index (χ3n) is 5.93. The topological polar surface area (TPSA) is 75.4 Å². The van der Waals surface area contributed by atoms with Crippen molar-refractivity contribution < 1.29 is 13.5 Å². The number of unbranched alkanes of at least 4 members (excludes halogenated alkanes) is 1. The minimum absolute atomic E-state index is 0.0587. The van der Waals surface area contributed by atoms with Crippen LogP contribution in [0.4, 0.5) is 0 Å². The summed E-state index contributed by atoms with van der Waals surface area (Å²) in [4.78, 5) is 6.57. The first-order valence-electron chi connectivity index (χ1n) is 11.2. The lowest BCUT2D eigenvalue weighted by atomic mass is 10.0. The molecule has 0 spiro atoms. The molecule has 0 aliphatic heterocycles. The fourth-order valence-corrected chi connectivity index (χ4v) is 6.22. The fraction of sp³-hybridized carbons (Fsp3) is 0.609. The van der Waals surface area contributed by atoms with E-state index < -0.39 is 9.84 Å². The maximum Gasteiger partial charge on any atom is 0.228 e. The van der Waals surface area contributed by atoms with Crippen LogP contribution in [0.2, 0.25) is 0 Å². The van der Waals surface area contributed by atoms with E-state index in [1.54, 1.807) is 6.20 Å². The molecule has 1 heterocycles. The molecule has 0 saturated heterocycles. The van der Waals surface area contributed by atoms with Gasteiger partial charge in [-0.3, -0.25) is 4.90 Å². The third-order valence-corrected chi connectivity index (χ3v) is 8.12. The summed E-state index contributed by atoms with van der Waals surface area (Å²) in [6, 6.07) is 10.1. The Morgan fingerprint density at radius 2 is 1.87 bits per heavy atom. The van der Waals surface area contributed by atoms with E-state index in [4.69, 9.17) is 0 Å². The van der Waals surface area contributed by atoms with Crippen molar-refractivity contribution in [2.45, 2.75) is 81.9 Å². The second kappa shape index (κ2) is 11.1. The maximum absolute atomic E-state index is 13.4. The minimum atomic E-state index is -3.43. The highest BCUT2D eigenvalue weighted by atomic mass is 32.2. The standard InChI is InChI=1S/C23H35N3O3S/c1-2-3-14-26-21(19-25(15-16-27)18-20-10-6-4-7-11-20)17-24-23(26)30(28,29)22-12-8-5-9-13-22/h4,6-7,10-11,17,22,27H,2-3,5,8-9,12-16,18-19H2,1H3. The molecule has 30 heavy (non-hydrogen) atoms. The molecule has 6 nitrogen and oxygen atoms in total. The number of rotatable bonds is 11. The number of hydrogen-bond acceptors (Lipinski definition) is 5. The van der Waals surface area contributed by atoms with Crippen LogP contribution >= 0.6 is 0 Å². The second-order valence-corrected chi connectivity index (χ2v) is 10.4. The van der Waals surface area contributed by atoms with Crippen molar-refractivity contribution in [1.29, 1.82) is 0 Å². The summed E-state index contributed by atoms with van der Waals surface area (Å²) in [5.74, 6) is 0. The number of aromatic nitrogens is 2. The SMILES string of the molecule is CCCCn1c(CN(CCO)Cc2ccccc2)cnc1S(=O)(=O)C1CCCCC1. The number of benzene rings is 1. The average molecular weight is 434 g/mol. The number of aliphatic hydroxyl groups is 1. The van der Waals surface area contributed by atoms with Crippen molar-refractivity contribution in [2.75, 3.05) is 13.2 Å². The Bertz CT molecular complexity index is 874. The summed E-state index contributed by atoms with van der Waals surface area (Å²) >= 11 is 0. The Balaban J connectivity index is 1.86. The van der Waals surface area contributed by atoms with Crippen molar-refractivity contribution in [3.8, 4) is 0 Å². The zero-order valence-corrected chi connectivity index (χ0v) is 18.9. The predicted octanol–water partition coefficient (Wildman–Crippen LogP) is 3.78. The molecule has 0 atom stereocenters. The molecule has 7 heteroatoms. The summed E-state index contributed by atoms with van der Waals surface area (Å²) < 4.78 is 28.6. The van der Waals surface area contributed by atoms with Gasteiger partial charge in [0.15, 0.2) is 0 Å². The molecule has 1 aromatic carbocycles. The summed E-state index contributed by atoms with van der Waals surface area (Å²) in [7, 11) is -3.43. The Labute approximate surface area is 180 Å². The Hall–Kier alpha value is -1.70. The van der Waals surface area contributed by atoms with Gasteiger partial charge in [-0.1, -0.05) is 62.9 Å². The lowest BCUT2D eigenvalue weighted by Crippen LogP contribution is -2.29. The van der Waals surface area contributed by atoms with Gasteiger partial charge in [0.25, 0.3) is 0 Å². The molecule has 1 aliphatic rings. The van der Waals surface area contributed by atoms with Gasteiger partial charge in [-0.05, 0) is 24.8 Å². The minimum Gasteiger partial charge on any atom is -0.395 e. The van der Waals surface area contributed by atoms with Gasteiger partial charge in [0.05, 0.1) is 23.7 Å². The van der Waals surface area contributed by atoms with Crippen LogP contribution in [0.15, 0.2) is 41.7 Å². The first kappa shape index (κ1) is 23.0. The molecule has 166 valence electrons. The van der Waals surface area contributed by atoms with E-state index in [2.05, 4.69) is 28.9 Å². The molecule has 3 rings (SSSR count). The predicted molar refractivity (Wildman–Crippen MR) is 119 cm³/mol. The second-order valence-electron chi connectivity index (χ2n) is 8.26. The van der Waals surface area contributed by atoms with Gasteiger partial charge in [0.1, 0.15) is 0 Å². The zero-order valence-electron chi connectivity index (χ0n) is 18.0. The molecular formula is C23H35N3O3S. The van der Waals surface area contributed by atoms with Gasteiger partial charge in [-0.2, -0.15) is 0 Å². The van der Waals surface area contributed by atoms with E-state index in [0.29, 0.717) is 26.2 Å². The van der Waals surface area contributed by atoms with E-state index >= 15 is 0 Å². The van der Waals surface area contributed by atoms with Gasteiger partial charge in [0, 0.05) is 26.2 Å². The first-order chi connectivity index (χ1) is 14.6. The first-order valence-corrected chi connectivity index (χ1v) is 12.8. The number of nitrogens with zero attached hydrogens (tertiary/aromatic N) is 3.